The summed E-state index contributed by atoms with van der Waals surface area (Å²) in [7, 11) is 1.58. The van der Waals surface area contributed by atoms with Crippen LogP contribution in [0.1, 0.15) is 17.0 Å². The van der Waals surface area contributed by atoms with Crippen LogP contribution in [0.4, 0.5) is 0 Å². The largest absolute Gasteiger partial charge is 0.493 e. The molecular weight excluding hydrogens is 388 g/mol. The first-order valence-electron chi connectivity index (χ1n) is 9.51. The maximum absolute atomic E-state index is 12.1. The third kappa shape index (κ3) is 4.68. The number of hydrogen-bond donors (Lipinski definition) is 1. The van der Waals surface area contributed by atoms with E-state index in [0.717, 1.165) is 28.9 Å². The third-order valence-electron chi connectivity index (χ3n) is 4.48. The van der Waals surface area contributed by atoms with Crippen molar-refractivity contribution in [2.75, 3.05) is 26.9 Å². The molecule has 0 saturated carbocycles. The minimum absolute atomic E-state index is 0.136. The van der Waals surface area contributed by atoms with E-state index in [4.69, 9.17) is 14.2 Å². The number of thiazole rings is 1. The van der Waals surface area contributed by atoms with Crippen molar-refractivity contribution in [2.24, 2.45) is 0 Å². The fraction of sp³-hybridized carbons (Fsp3) is 0.273. The zero-order valence-electron chi connectivity index (χ0n) is 16.1. The highest BCUT2D eigenvalue weighted by atomic mass is 32.1. The predicted molar refractivity (Wildman–Crippen MR) is 114 cm³/mol. The van der Waals surface area contributed by atoms with E-state index in [1.54, 1.807) is 24.5 Å². The molecule has 4 rings (SSSR count). The molecule has 2 aromatic carbocycles. The minimum Gasteiger partial charge on any atom is -0.493 e. The lowest BCUT2D eigenvalue weighted by Crippen LogP contribution is -2.22. The average Bonchev–Trinajstić information content (AvgIpc) is 3.17. The van der Waals surface area contributed by atoms with Crippen molar-refractivity contribution in [3.05, 3.63) is 53.0 Å². The topological polar surface area (TPSA) is 69.7 Å². The molecular formula is C22H22N2O4S. The van der Waals surface area contributed by atoms with E-state index in [0.29, 0.717) is 37.0 Å². The number of para-hydroxylation sites is 1. The Balaban J connectivity index is 1.28. The van der Waals surface area contributed by atoms with Gasteiger partial charge in [0.05, 0.1) is 22.3 Å². The number of aromatic nitrogens is 1. The van der Waals surface area contributed by atoms with Gasteiger partial charge in [-0.05, 0) is 42.3 Å². The van der Waals surface area contributed by atoms with Gasteiger partial charge in [0.25, 0.3) is 0 Å². The lowest BCUT2D eigenvalue weighted by atomic mass is 10.1. The van der Waals surface area contributed by atoms with Crippen LogP contribution < -0.4 is 19.5 Å². The fourth-order valence-corrected chi connectivity index (χ4v) is 4.11. The first-order valence-corrected chi connectivity index (χ1v) is 10.3. The monoisotopic (exact) mass is 410 g/mol. The average molecular weight is 410 g/mol. The SMILES string of the molecule is COc1cc(/C=C/C(=O)NCCCc2nc3ccccc3s2)cc2c1OCCO2. The number of fused-ring (bicyclic) bond motifs is 2. The van der Waals surface area contributed by atoms with E-state index >= 15 is 0 Å². The lowest BCUT2D eigenvalue weighted by Gasteiger charge is -2.20. The molecule has 0 fully saturated rings. The summed E-state index contributed by atoms with van der Waals surface area (Å²) in [5.41, 5.74) is 1.85. The molecule has 0 bridgehead atoms. The summed E-state index contributed by atoms with van der Waals surface area (Å²) >= 11 is 1.71. The summed E-state index contributed by atoms with van der Waals surface area (Å²) in [6.07, 6.45) is 4.95. The van der Waals surface area contributed by atoms with Crippen molar-refractivity contribution in [3.63, 3.8) is 0 Å². The maximum atomic E-state index is 12.1. The standard InChI is InChI=1S/C22H22N2O4S/c1-26-17-13-15(14-18-22(17)28-12-11-27-18)8-9-20(25)23-10-4-7-21-24-16-5-2-3-6-19(16)29-21/h2-3,5-6,8-9,13-14H,4,7,10-12H2,1H3,(H,23,25)/b9-8+. The van der Waals surface area contributed by atoms with Gasteiger partial charge in [0.2, 0.25) is 11.7 Å². The maximum Gasteiger partial charge on any atom is 0.243 e. The van der Waals surface area contributed by atoms with Crippen molar-refractivity contribution >= 4 is 33.5 Å². The second-order valence-corrected chi connectivity index (χ2v) is 7.67. The van der Waals surface area contributed by atoms with Gasteiger partial charge < -0.3 is 19.5 Å². The number of ether oxygens (including phenoxy) is 3. The molecule has 6 nitrogen and oxygen atoms in total. The number of carbonyl (C=O) groups excluding carboxylic acids is 1. The van der Waals surface area contributed by atoms with E-state index in [2.05, 4.69) is 16.4 Å². The van der Waals surface area contributed by atoms with Crippen LogP contribution >= 0.6 is 11.3 Å². The second-order valence-electron chi connectivity index (χ2n) is 6.55. The summed E-state index contributed by atoms with van der Waals surface area (Å²) in [5.74, 6) is 1.70. The quantitative estimate of drug-likeness (QED) is 0.473. The molecule has 3 aromatic rings. The van der Waals surface area contributed by atoms with Gasteiger partial charge in [-0.25, -0.2) is 4.98 Å². The third-order valence-corrected chi connectivity index (χ3v) is 5.58. The van der Waals surface area contributed by atoms with Crippen molar-refractivity contribution in [1.82, 2.24) is 10.3 Å². The van der Waals surface area contributed by atoms with Gasteiger partial charge in [0.1, 0.15) is 13.2 Å². The molecule has 1 aromatic heterocycles. The number of nitrogens with one attached hydrogen (secondary N) is 1. The van der Waals surface area contributed by atoms with Crippen LogP contribution in [0.5, 0.6) is 17.2 Å². The fourth-order valence-electron chi connectivity index (χ4n) is 3.10. The highest BCUT2D eigenvalue weighted by Gasteiger charge is 2.17. The molecule has 0 saturated heterocycles. The first kappa shape index (κ1) is 19.3. The molecule has 0 aliphatic carbocycles. The predicted octanol–water partition coefficient (Wildman–Crippen LogP) is 3.84. The Kier molecular flexibility index (Phi) is 5.95. The molecule has 0 spiro atoms. The highest BCUT2D eigenvalue weighted by molar-refractivity contribution is 7.18. The van der Waals surface area contributed by atoms with E-state index < -0.39 is 0 Å². The normalized spacial score (nSPS) is 13.0. The number of amides is 1. The van der Waals surface area contributed by atoms with E-state index in [1.807, 2.05) is 30.3 Å². The second kappa shape index (κ2) is 8.96. The lowest BCUT2D eigenvalue weighted by molar-refractivity contribution is -0.116. The number of carbonyl (C=O) groups is 1. The van der Waals surface area contributed by atoms with Crippen LogP contribution in [-0.2, 0) is 11.2 Å². The molecule has 1 aliphatic heterocycles. The zero-order valence-corrected chi connectivity index (χ0v) is 17.0. The van der Waals surface area contributed by atoms with Crippen molar-refractivity contribution in [1.29, 1.82) is 0 Å². The molecule has 0 unspecified atom stereocenters. The van der Waals surface area contributed by atoms with Crippen LogP contribution in [0.2, 0.25) is 0 Å². The Morgan fingerprint density at radius 3 is 3.00 bits per heavy atom. The molecule has 1 amide bonds. The van der Waals surface area contributed by atoms with Gasteiger partial charge in [0.15, 0.2) is 11.5 Å². The smallest absolute Gasteiger partial charge is 0.243 e. The van der Waals surface area contributed by atoms with Crippen molar-refractivity contribution in [3.8, 4) is 17.2 Å². The summed E-state index contributed by atoms with van der Waals surface area (Å²) in [6, 6.07) is 11.8. The Hall–Kier alpha value is -3.06. The van der Waals surface area contributed by atoms with Crippen molar-refractivity contribution in [2.45, 2.75) is 12.8 Å². The van der Waals surface area contributed by atoms with E-state index in [-0.39, 0.29) is 5.91 Å². The summed E-state index contributed by atoms with van der Waals surface area (Å²) < 4.78 is 17.8. The molecule has 7 heteroatoms. The Morgan fingerprint density at radius 1 is 1.28 bits per heavy atom. The number of methoxy groups -OCH3 is 1. The molecule has 1 N–H and O–H groups in total. The van der Waals surface area contributed by atoms with Gasteiger partial charge in [-0.15, -0.1) is 11.3 Å². The van der Waals surface area contributed by atoms with E-state index in [9.17, 15) is 4.79 Å². The number of aryl methyl sites for hydroxylation is 1. The molecule has 2 heterocycles. The zero-order chi connectivity index (χ0) is 20.1. The molecule has 150 valence electrons. The summed E-state index contributed by atoms with van der Waals surface area (Å²) in [5, 5.41) is 4.01. The number of benzene rings is 2. The number of nitrogens with zero attached hydrogens (tertiary/aromatic N) is 1. The van der Waals surface area contributed by atoms with E-state index in [1.165, 1.54) is 10.8 Å². The van der Waals surface area contributed by atoms with Crippen LogP contribution in [0, 0.1) is 0 Å². The molecule has 0 atom stereocenters. The summed E-state index contributed by atoms with van der Waals surface area (Å²) in [6.45, 7) is 1.60. The number of rotatable bonds is 7. The van der Waals surface area contributed by atoms with Crippen molar-refractivity contribution < 1.29 is 19.0 Å². The Labute approximate surface area is 173 Å². The van der Waals surface area contributed by atoms with Gasteiger partial charge in [0, 0.05) is 19.0 Å². The molecule has 29 heavy (non-hydrogen) atoms. The molecule has 1 aliphatic rings. The Bertz CT molecular complexity index is 994. The highest BCUT2D eigenvalue weighted by Crippen LogP contribution is 2.40. The van der Waals surface area contributed by atoms with Gasteiger partial charge in [-0.3, -0.25) is 4.79 Å². The summed E-state index contributed by atoms with van der Waals surface area (Å²) in [4.78, 5) is 16.7. The van der Waals surface area contributed by atoms with Gasteiger partial charge in [-0.2, -0.15) is 0 Å². The van der Waals surface area contributed by atoms with Gasteiger partial charge in [-0.1, -0.05) is 12.1 Å². The van der Waals surface area contributed by atoms with Gasteiger partial charge >= 0.3 is 0 Å². The van der Waals surface area contributed by atoms with Crippen LogP contribution in [0.3, 0.4) is 0 Å². The molecule has 0 radical (unpaired) electrons. The first-order chi connectivity index (χ1) is 14.2. The van der Waals surface area contributed by atoms with Crippen LogP contribution in [0.15, 0.2) is 42.5 Å². The van der Waals surface area contributed by atoms with Crippen LogP contribution in [-0.4, -0.2) is 37.8 Å². The van der Waals surface area contributed by atoms with Crippen LogP contribution in [0.25, 0.3) is 16.3 Å². The minimum atomic E-state index is -0.136. The Morgan fingerprint density at radius 2 is 2.14 bits per heavy atom. The number of hydrogen-bond acceptors (Lipinski definition) is 6.